The molecule has 0 saturated carbocycles. The van der Waals surface area contributed by atoms with Crippen molar-refractivity contribution in [3.8, 4) is 0 Å². The van der Waals surface area contributed by atoms with E-state index in [9.17, 15) is 0 Å². The smallest absolute Gasteiger partial charge is 0.130 e. The molecule has 0 heterocycles. The summed E-state index contributed by atoms with van der Waals surface area (Å²) in [5.41, 5.74) is 0. The SMILES string of the molecule is CC(C)(C)[Si](P[Si](C)(C)c1ccccc1)(c1ccccc1)c1ccccc1. The minimum atomic E-state index is -1.98. The van der Waals surface area contributed by atoms with Crippen molar-refractivity contribution in [2.24, 2.45) is 0 Å². The lowest BCUT2D eigenvalue weighted by molar-refractivity contribution is 0.745. The highest BCUT2D eigenvalue weighted by Gasteiger charge is 2.51. The molecule has 0 saturated heterocycles. The molecule has 3 rings (SSSR count). The molecule has 0 bridgehead atoms. The van der Waals surface area contributed by atoms with Gasteiger partial charge in [-0.1, -0.05) is 130 Å². The highest BCUT2D eigenvalue weighted by molar-refractivity contribution is 8.12. The average molecular weight is 407 g/mol. The second kappa shape index (κ2) is 7.87. The van der Waals surface area contributed by atoms with Gasteiger partial charge in [-0.3, -0.25) is 0 Å². The molecule has 0 aliphatic heterocycles. The highest BCUT2D eigenvalue weighted by Crippen LogP contribution is 2.50. The molecule has 1 unspecified atom stereocenters. The predicted molar refractivity (Wildman–Crippen MR) is 129 cm³/mol. The molecule has 3 heteroatoms. The van der Waals surface area contributed by atoms with Gasteiger partial charge in [-0.05, 0) is 15.4 Å². The van der Waals surface area contributed by atoms with Crippen molar-refractivity contribution in [3.05, 3.63) is 91.0 Å². The number of benzene rings is 3. The second-order valence-electron chi connectivity index (χ2n) is 8.85. The molecular weight excluding hydrogens is 375 g/mol. The molecule has 0 spiro atoms. The Balaban J connectivity index is 2.24. The van der Waals surface area contributed by atoms with Crippen LogP contribution in [0.1, 0.15) is 20.8 Å². The van der Waals surface area contributed by atoms with Crippen LogP contribution in [0, 0.1) is 0 Å². The van der Waals surface area contributed by atoms with E-state index in [4.69, 9.17) is 0 Å². The van der Waals surface area contributed by atoms with Gasteiger partial charge in [0.1, 0.15) is 15.5 Å². The van der Waals surface area contributed by atoms with Crippen LogP contribution in [0.3, 0.4) is 0 Å². The van der Waals surface area contributed by atoms with Crippen LogP contribution in [0.15, 0.2) is 91.0 Å². The van der Waals surface area contributed by atoms with Gasteiger partial charge >= 0.3 is 0 Å². The minimum absolute atomic E-state index is 0.243. The third-order valence-corrected chi connectivity index (χ3v) is 29.8. The van der Waals surface area contributed by atoms with E-state index in [1.807, 2.05) is 0 Å². The van der Waals surface area contributed by atoms with E-state index < -0.39 is 15.5 Å². The summed E-state index contributed by atoms with van der Waals surface area (Å²) in [6.07, 6.45) is 0. The Bertz CT molecular complexity index is 814. The normalized spacial score (nSPS) is 13.2. The van der Waals surface area contributed by atoms with Gasteiger partial charge in [0, 0.05) is 0 Å². The summed E-state index contributed by atoms with van der Waals surface area (Å²) in [5.74, 6) is 0. The van der Waals surface area contributed by atoms with E-state index in [1.165, 1.54) is 0 Å². The van der Waals surface area contributed by atoms with Crippen LogP contribution in [0.2, 0.25) is 18.1 Å². The summed E-state index contributed by atoms with van der Waals surface area (Å²) in [6.45, 7) is 12.6. The predicted octanol–water partition coefficient (Wildman–Crippen LogP) is 5.34. The lowest BCUT2D eigenvalue weighted by Crippen LogP contribution is -2.64. The number of rotatable bonds is 5. The molecule has 3 aromatic rings. The molecule has 0 radical (unpaired) electrons. The monoisotopic (exact) mass is 406 g/mol. The quantitative estimate of drug-likeness (QED) is 0.396. The lowest BCUT2D eigenvalue weighted by Gasteiger charge is -2.48. The van der Waals surface area contributed by atoms with Crippen LogP contribution >= 0.6 is 7.68 Å². The zero-order valence-electron chi connectivity index (χ0n) is 17.2. The Hall–Kier alpha value is -1.48. The summed E-state index contributed by atoms with van der Waals surface area (Å²) in [5, 5.41) is 4.99. The fraction of sp³-hybridized carbons (Fsp3) is 0.250. The van der Waals surface area contributed by atoms with Crippen LogP contribution in [-0.4, -0.2) is 15.5 Å². The Morgan fingerprint density at radius 1 is 0.556 bits per heavy atom. The summed E-state index contributed by atoms with van der Waals surface area (Å²) >= 11 is 0. The van der Waals surface area contributed by atoms with E-state index in [1.54, 1.807) is 15.6 Å². The second-order valence-corrected chi connectivity index (χ2v) is 26.1. The van der Waals surface area contributed by atoms with Crippen molar-refractivity contribution in [1.82, 2.24) is 0 Å². The Morgan fingerprint density at radius 3 is 1.22 bits per heavy atom. The molecule has 0 nitrogen and oxygen atoms in total. The fourth-order valence-electron chi connectivity index (χ4n) is 4.14. The van der Waals surface area contributed by atoms with Crippen molar-refractivity contribution in [3.63, 3.8) is 0 Å². The highest BCUT2D eigenvalue weighted by atomic mass is 31.6. The maximum Gasteiger partial charge on any atom is 0.142 e. The number of hydrogen-bond acceptors (Lipinski definition) is 0. The van der Waals surface area contributed by atoms with Gasteiger partial charge in [0.05, 0.1) is 0 Å². The van der Waals surface area contributed by atoms with Crippen LogP contribution in [0.5, 0.6) is 0 Å². The van der Waals surface area contributed by atoms with Gasteiger partial charge in [0.25, 0.3) is 0 Å². The molecule has 0 aliphatic carbocycles. The molecule has 0 amide bonds. The van der Waals surface area contributed by atoms with Crippen LogP contribution in [0.4, 0.5) is 0 Å². The maximum absolute atomic E-state index is 2.57. The molecule has 0 aromatic heterocycles. The van der Waals surface area contributed by atoms with Crippen LogP contribution < -0.4 is 15.6 Å². The zero-order valence-corrected chi connectivity index (χ0v) is 20.2. The molecule has 1 atom stereocenters. The summed E-state index contributed by atoms with van der Waals surface area (Å²) in [4.78, 5) is 0. The lowest BCUT2D eigenvalue weighted by atomic mass is 10.2. The first kappa shape index (κ1) is 20.3. The minimum Gasteiger partial charge on any atom is -0.130 e. The van der Waals surface area contributed by atoms with E-state index >= 15 is 0 Å². The summed E-state index contributed by atoms with van der Waals surface area (Å²) in [7, 11) is -2.60. The summed E-state index contributed by atoms with van der Waals surface area (Å²) < 4.78 is 0. The molecule has 140 valence electrons. The Kier molecular flexibility index (Phi) is 5.91. The van der Waals surface area contributed by atoms with Gasteiger partial charge in [-0.25, -0.2) is 0 Å². The van der Waals surface area contributed by atoms with E-state index in [-0.39, 0.29) is 5.04 Å². The van der Waals surface area contributed by atoms with Crippen LogP contribution in [-0.2, 0) is 0 Å². The largest absolute Gasteiger partial charge is 0.142 e. The zero-order chi connectivity index (χ0) is 19.5. The first-order chi connectivity index (χ1) is 12.8. The Morgan fingerprint density at radius 2 is 0.889 bits per heavy atom. The molecule has 0 aliphatic rings. The van der Waals surface area contributed by atoms with E-state index in [0.717, 1.165) is 7.68 Å². The van der Waals surface area contributed by atoms with Gasteiger partial charge in [-0.15, -0.1) is 7.68 Å². The van der Waals surface area contributed by atoms with Gasteiger partial charge < -0.3 is 0 Å². The third kappa shape index (κ3) is 4.04. The molecular formula is C24H31PSi2. The standard InChI is InChI=1S/C24H31PSi2/c1-24(2,3)27(22-17-11-7-12-18-22,23-19-13-8-14-20-23)25-26(4,5)21-15-9-6-10-16-21/h6-20,25H,1-5H3. The number of hydrogen-bond donors (Lipinski definition) is 0. The van der Waals surface area contributed by atoms with Gasteiger partial charge in [-0.2, -0.15) is 0 Å². The van der Waals surface area contributed by atoms with Crippen molar-refractivity contribution in [2.45, 2.75) is 38.9 Å². The van der Waals surface area contributed by atoms with Crippen molar-refractivity contribution >= 4 is 38.7 Å². The fourth-order valence-corrected chi connectivity index (χ4v) is 32.8. The van der Waals surface area contributed by atoms with Crippen molar-refractivity contribution in [2.75, 3.05) is 0 Å². The van der Waals surface area contributed by atoms with Crippen molar-refractivity contribution < 1.29 is 0 Å². The van der Waals surface area contributed by atoms with Crippen molar-refractivity contribution in [1.29, 1.82) is 0 Å². The molecule has 3 aromatic carbocycles. The average Bonchev–Trinajstić information content (AvgIpc) is 2.67. The third-order valence-electron chi connectivity index (χ3n) is 5.53. The first-order valence-corrected chi connectivity index (χ1v) is 17.7. The Labute approximate surface area is 168 Å². The maximum atomic E-state index is 2.57. The topological polar surface area (TPSA) is 0 Å². The molecule has 0 N–H and O–H groups in total. The summed E-state index contributed by atoms with van der Waals surface area (Å²) in [6, 6.07) is 34.1. The van der Waals surface area contributed by atoms with Gasteiger partial charge in [0.15, 0.2) is 0 Å². The van der Waals surface area contributed by atoms with E-state index in [0.29, 0.717) is 0 Å². The molecule has 27 heavy (non-hydrogen) atoms. The van der Waals surface area contributed by atoms with Gasteiger partial charge in [0.2, 0.25) is 0 Å². The van der Waals surface area contributed by atoms with Crippen LogP contribution in [0.25, 0.3) is 0 Å². The molecule has 0 fully saturated rings. The van der Waals surface area contributed by atoms with E-state index in [2.05, 4.69) is 125 Å². The first-order valence-electron chi connectivity index (χ1n) is 9.73.